The molecule has 2 aliphatic heterocycles. The van der Waals surface area contributed by atoms with Crippen LogP contribution in [0.25, 0.3) is 0 Å². The van der Waals surface area contributed by atoms with Gasteiger partial charge in [0.15, 0.2) is 5.71 Å². The third-order valence-electron chi connectivity index (χ3n) is 4.09. The fraction of sp³-hybridized carbons (Fsp3) is 0.250. The van der Waals surface area contributed by atoms with Gasteiger partial charge < -0.3 is 22.2 Å². The second-order valence-corrected chi connectivity index (χ2v) is 6.70. The number of amides is 2. The van der Waals surface area contributed by atoms with Crippen LogP contribution in [0, 0.1) is 0 Å². The number of carbonyl (C=O) groups is 3. The summed E-state index contributed by atoms with van der Waals surface area (Å²) in [5.41, 5.74) is 0.133. The molecule has 0 spiro atoms. The Morgan fingerprint density at radius 3 is 2.56 bits per heavy atom. The molecule has 2 heterocycles. The molecular weight excluding hydrogens is 385 g/mol. The molecule has 3 rings (SSSR count). The molecule has 0 aromatic heterocycles. The van der Waals surface area contributed by atoms with Crippen molar-refractivity contribution in [2.45, 2.75) is 11.4 Å². The number of carboxylic acid groups (broad SMARTS) is 1. The summed E-state index contributed by atoms with van der Waals surface area (Å²) in [5.74, 6) is -2.41. The molecule has 2 aliphatic rings. The predicted octanol–water partition coefficient (Wildman–Crippen LogP) is -3.29. The molecule has 0 radical (unpaired) electrons. The summed E-state index contributed by atoms with van der Waals surface area (Å²) in [7, 11) is 0. The number of oxime groups is 1. The number of hydrogen-bond acceptors (Lipinski definition) is 7. The maximum Gasteiger partial charge on any atom is 1.00 e. The van der Waals surface area contributed by atoms with E-state index >= 15 is 0 Å². The Bertz CT molecular complexity index is 835. The monoisotopic (exact) mass is 401 g/mol. The Morgan fingerprint density at radius 1 is 1.33 bits per heavy atom. The standard InChI is InChI=1S/C16H15N3O6S.Na.H/c20-6-9-7-26-15-11(14(22)19(15)12(9)16(23)24)17-13(21)10(18-25)8-4-2-1-3-5-8;;/h1-5,11,15,20,25H,6-7H2,(H,17,21)(H,23,24);;/q;+1;-1/b18-10+;;/t11-,15-;;/m1../s1. The quantitative estimate of drug-likeness (QED) is 0.133. The minimum atomic E-state index is -1.31. The number of β-lactam (4-membered cyclic amide) rings is 1. The van der Waals surface area contributed by atoms with E-state index in [0.717, 1.165) is 4.90 Å². The first-order valence-corrected chi connectivity index (χ1v) is 8.63. The second-order valence-electron chi connectivity index (χ2n) is 5.59. The third-order valence-corrected chi connectivity index (χ3v) is 5.43. The number of hydrogen-bond donors (Lipinski definition) is 4. The third kappa shape index (κ3) is 3.90. The summed E-state index contributed by atoms with van der Waals surface area (Å²) in [5, 5.41) is 32.6. The number of fused-ring (bicyclic) bond motifs is 1. The molecule has 4 N–H and O–H groups in total. The Morgan fingerprint density at radius 2 is 2.00 bits per heavy atom. The van der Waals surface area contributed by atoms with Gasteiger partial charge in [0.1, 0.15) is 17.1 Å². The average molecular weight is 401 g/mol. The molecule has 0 unspecified atom stereocenters. The summed E-state index contributed by atoms with van der Waals surface area (Å²) in [6.45, 7) is -0.461. The number of aliphatic carboxylic acids is 1. The van der Waals surface area contributed by atoms with Gasteiger partial charge in [0.05, 0.1) is 6.61 Å². The van der Waals surface area contributed by atoms with Crippen molar-refractivity contribution in [1.82, 2.24) is 10.2 Å². The van der Waals surface area contributed by atoms with Crippen LogP contribution in [0.3, 0.4) is 0 Å². The Kier molecular flexibility index (Phi) is 7.06. The van der Waals surface area contributed by atoms with E-state index in [9.17, 15) is 24.6 Å². The van der Waals surface area contributed by atoms with Crippen LogP contribution in [0.5, 0.6) is 0 Å². The van der Waals surface area contributed by atoms with Gasteiger partial charge >= 0.3 is 35.5 Å². The van der Waals surface area contributed by atoms with Gasteiger partial charge in [-0.05, 0) is 5.57 Å². The van der Waals surface area contributed by atoms with Crippen LogP contribution in [-0.4, -0.2) is 67.6 Å². The summed E-state index contributed by atoms with van der Waals surface area (Å²) >= 11 is 1.24. The minimum absolute atomic E-state index is 0. The van der Waals surface area contributed by atoms with E-state index < -0.39 is 35.8 Å². The summed E-state index contributed by atoms with van der Waals surface area (Å²) in [4.78, 5) is 37.2. The van der Waals surface area contributed by atoms with Crippen molar-refractivity contribution in [2.75, 3.05) is 12.4 Å². The van der Waals surface area contributed by atoms with E-state index in [-0.39, 0.29) is 53.7 Å². The van der Waals surface area contributed by atoms with Gasteiger partial charge in [0.2, 0.25) is 0 Å². The molecule has 0 saturated carbocycles. The Balaban J connectivity index is 0.00000196. The second kappa shape index (κ2) is 8.89. The van der Waals surface area contributed by atoms with Crippen LogP contribution >= 0.6 is 11.8 Å². The topological polar surface area (TPSA) is 140 Å². The molecule has 0 bridgehead atoms. The molecule has 27 heavy (non-hydrogen) atoms. The smallest absolute Gasteiger partial charge is 1.00 e. The number of rotatable bonds is 5. The van der Waals surface area contributed by atoms with Crippen LogP contribution in [0.2, 0.25) is 0 Å². The molecule has 1 fully saturated rings. The number of nitrogens with zero attached hydrogens (tertiary/aromatic N) is 2. The number of thioether (sulfide) groups is 1. The van der Waals surface area contributed by atoms with Crippen LogP contribution in [0.1, 0.15) is 6.99 Å². The summed E-state index contributed by atoms with van der Waals surface area (Å²) in [6.07, 6.45) is 0. The number of nitrogens with one attached hydrogen (secondary N) is 1. The number of benzene rings is 1. The normalized spacial score (nSPS) is 21.7. The molecule has 1 saturated heterocycles. The van der Waals surface area contributed by atoms with Crippen LogP contribution in [0.15, 0.2) is 46.8 Å². The number of aliphatic hydroxyl groups excluding tert-OH is 1. The summed E-state index contributed by atoms with van der Waals surface area (Å²) < 4.78 is 0. The zero-order chi connectivity index (χ0) is 18.8. The zero-order valence-electron chi connectivity index (χ0n) is 15.3. The number of carboxylic acids is 1. The average Bonchev–Trinajstić information content (AvgIpc) is 2.66. The van der Waals surface area contributed by atoms with Gasteiger partial charge in [0, 0.05) is 11.3 Å². The van der Waals surface area contributed by atoms with Crippen molar-refractivity contribution < 1.29 is 60.8 Å². The first-order valence-electron chi connectivity index (χ1n) is 7.58. The maximum absolute atomic E-state index is 12.4. The van der Waals surface area contributed by atoms with E-state index in [1.807, 2.05) is 0 Å². The predicted molar refractivity (Wildman–Crippen MR) is 92.6 cm³/mol. The first-order chi connectivity index (χ1) is 12.5. The van der Waals surface area contributed by atoms with Crippen molar-refractivity contribution in [3.05, 3.63) is 47.2 Å². The molecule has 2 atom stereocenters. The molecule has 0 aliphatic carbocycles. The largest absolute Gasteiger partial charge is 1.00 e. The fourth-order valence-corrected chi connectivity index (χ4v) is 4.18. The van der Waals surface area contributed by atoms with Crippen molar-refractivity contribution in [1.29, 1.82) is 0 Å². The van der Waals surface area contributed by atoms with Crippen molar-refractivity contribution >= 4 is 35.3 Å². The fourth-order valence-electron chi connectivity index (χ4n) is 2.84. The number of carbonyl (C=O) groups excluding carboxylic acids is 2. The SMILES string of the molecule is O=C(O)C1=C(CO)CS[C@@H]2[C@H](NC(=O)/C(=N/O)c3ccccc3)C(=O)N12.[H-].[Na+]. The van der Waals surface area contributed by atoms with Crippen LogP contribution in [0.4, 0.5) is 0 Å². The molecule has 9 nitrogen and oxygen atoms in total. The van der Waals surface area contributed by atoms with Crippen LogP contribution < -0.4 is 34.9 Å². The van der Waals surface area contributed by atoms with Gasteiger partial charge in [-0.3, -0.25) is 14.5 Å². The van der Waals surface area contributed by atoms with E-state index in [2.05, 4.69) is 10.5 Å². The van der Waals surface area contributed by atoms with Crippen molar-refractivity contribution in [3.63, 3.8) is 0 Å². The zero-order valence-corrected chi connectivity index (χ0v) is 17.1. The molecule has 138 valence electrons. The van der Waals surface area contributed by atoms with E-state index in [0.29, 0.717) is 5.56 Å². The molecule has 2 amide bonds. The van der Waals surface area contributed by atoms with Crippen molar-refractivity contribution in [3.8, 4) is 0 Å². The molecule has 1 aromatic rings. The summed E-state index contributed by atoms with van der Waals surface area (Å²) in [6, 6.07) is 7.29. The van der Waals surface area contributed by atoms with Gasteiger partial charge in [-0.1, -0.05) is 35.5 Å². The van der Waals surface area contributed by atoms with Gasteiger partial charge in [-0.15, -0.1) is 11.8 Å². The minimum Gasteiger partial charge on any atom is -1.00 e. The molecule has 1 aromatic carbocycles. The van der Waals surface area contributed by atoms with E-state index in [1.54, 1.807) is 30.3 Å². The van der Waals surface area contributed by atoms with E-state index in [4.69, 9.17) is 5.21 Å². The van der Waals surface area contributed by atoms with Crippen molar-refractivity contribution in [2.24, 2.45) is 5.16 Å². The van der Waals surface area contributed by atoms with E-state index in [1.165, 1.54) is 11.8 Å². The van der Waals surface area contributed by atoms with Gasteiger partial charge in [-0.25, -0.2) is 4.79 Å². The van der Waals surface area contributed by atoms with Gasteiger partial charge in [0.25, 0.3) is 11.8 Å². The number of aliphatic hydroxyl groups is 1. The van der Waals surface area contributed by atoms with Crippen LogP contribution in [-0.2, 0) is 14.4 Å². The maximum atomic E-state index is 12.4. The molecular formula is C16H16N3NaO6S. The Labute approximate surface area is 181 Å². The Hall–Kier alpha value is -1.85. The molecule has 11 heteroatoms. The first kappa shape index (κ1) is 21.5. The van der Waals surface area contributed by atoms with Gasteiger partial charge in [-0.2, -0.15) is 0 Å².